The molecular formula is C21H25N3O2S. The van der Waals surface area contributed by atoms with Crippen molar-refractivity contribution in [3.05, 3.63) is 63.6 Å². The normalized spacial score (nSPS) is 11.0. The Morgan fingerprint density at radius 1 is 1.30 bits per heavy atom. The zero-order valence-corrected chi connectivity index (χ0v) is 17.0. The van der Waals surface area contributed by atoms with Crippen molar-refractivity contribution in [1.29, 1.82) is 0 Å². The van der Waals surface area contributed by atoms with Crippen LogP contribution >= 0.6 is 11.3 Å². The van der Waals surface area contributed by atoms with Crippen LogP contribution in [0.2, 0.25) is 0 Å². The molecule has 0 radical (unpaired) electrons. The van der Waals surface area contributed by atoms with E-state index >= 15 is 0 Å². The van der Waals surface area contributed by atoms with E-state index in [-0.39, 0.29) is 5.91 Å². The quantitative estimate of drug-likeness (QED) is 0.608. The first kappa shape index (κ1) is 19.2. The molecule has 3 aromatic rings. The monoisotopic (exact) mass is 383 g/mol. The SMILES string of the molecule is CCn1cc(NC(=O)c2cc(COc3ccc(C(C)C)cc3)cs2)c(C)n1. The number of aryl methyl sites for hydroxylation is 2. The molecule has 2 aromatic heterocycles. The molecule has 5 nitrogen and oxygen atoms in total. The van der Waals surface area contributed by atoms with Gasteiger partial charge in [-0.05, 0) is 48.9 Å². The van der Waals surface area contributed by atoms with Gasteiger partial charge in [0.1, 0.15) is 12.4 Å². The van der Waals surface area contributed by atoms with Crippen LogP contribution < -0.4 is 10.1 Å². The number of ether oxygens (including phenoxy) is 1. The van der Waals surface area contributed by atoms with Crippen LogP contribution in [-0.4, -0.2) is 15.7 Å². The number of benzene rings is 1. The molecule has 0 saturated heterocycles. The molecule has 142 valence electrons. The molecule has 1 amide bonds. The van der Waals surface area contributed by atoms with Gasteiger partial charge in [-0.2, -0.15) is 5.10 Å². The summed E-state index contributed by atoms with van der Waals surface area (Å²) in [4.78, 5) is 13.1. The molecule has 0 spiro atoms. The van der Waals surface area contributed by atoms with Crippen LogP contribution in [0.1, 0.15) is 53.2 Å². The van der Waals surface area contributed by atoms with E-state index in [4.69, 9.17) is 4.74 Å². The highest BCUT2D eigenvalue weighted by atomic mass is 32.1. The number of hydrogen-bond donors (Lipinski definition) is 1. The Bertz CT molecular complexity index is 910. The average molecular weight is 384 g/mol. The van der Waals surface area contributed by atoms with Gasteiger partial charge in [0.2, 0.25) is 0 Å². The smallest absolute Gasteiger partial charge is 0.265 e. The van der Waals surface area contributed by atoms with E-state index in [9.17, 15) is 4.79 Å². The van der Waals surface area contributed by atoms with Crippen LogP contribution in [0.5, 0.6) is 5.75 Å². The Labute approximate surface area is 164 Å². The summed E-state index contributed by atoms with van der Waals surface area (Å²) in [5, 5.41) is 9.24. The predicted molar refractivity (Wildman–Crippen MR) is 110 cm³/mol. The predicted octanol–water partition coefficient (Wildman–Crippen LogP) is 5.23. The third-order valence-corrected chi connectivity index (χ3v) is 5.33. The molecule has 0 unspecified atom stereocenters. The molecule has 1 N–H and O–H groups in total. The van der Waals surface area contributed by atoms with Gasteiger partial charge in [-0.1, -0.05) is 26.0 Å². The van der Waals surface area contributed by atoms with Gasteiger partial charge in [0.25, 0.3) is 5.91 Å². The topological polar surface area (TPSA) is 56.2 Å². The number of nitrogens with zero attached hydrogens (tertiary/aromatic N) is 2. The van der Waals surface area contributed by atoms with E-state index in [1.807, 2.05) is 48.3 Å². The van der Waals surface area contributed by atoms with Crippen LogP contribution in [0.15, 0.2) is 41.9 Å². The van der Waals surface area contributed by atoms with Crippen molar-refractivity contribution >= 4 is 22.9 Å². The number of carbonyl (C=O) groups is 1. The second-order valence-electron chi connectivity index (χ2n) is 6.77. The van der Waals surface area contributed by atoms with Gasteiger partial charge < -0.3 is 10.1 Å². The van der Waals surface area contributed by atoms with E-state index in [1.165, 1.54) is 16.9 Å². The van der Waals surface area contributed by atoms with Crippen LogP contribution in [0.3, 0.4) is 0 Å². The molecule has 0 fully saturated rings. The lowest BCUT2D eigenvalue weighted by Gasteiger charge is -2.08. The van der Waals surface area contributed by atoms with Gasteiger partial charge in [0.15, 0.2) is 0 Å². The Kier molecular flexibility index (Phi) is 5.96. The van der Waals surface area contributed by atoms with Gasteiger partial charge in [0, 0.05) is 18.3 Å². The van der Waals surface area contributed by atoms with Crippen LogP contribution in [0.4, 0.5) is 5.69 Å². The second-order valence-corrected chi connectivity index (χ2v) is 7.68. The fraction of sp³-hybridized carbons (Fsp3) is 0.333. The summed E-state index contributed by atoms with van der Waals surface area (Å²) < 4.78 is 7.65. The second kappa shape index (κ2) is 8.39. The Morgan fingerprint density at radius 2 is 2.04 bits per heavy atom. The molecule has 0 bridgehead atoms. The Morgan fingerprint density at radius 3 is 2.67 bits per heavy atom. The summed E-state index contributed by atoms with van der Waals surface area (Å²) in [6, 6.07) is 10.0. The van der Waals surface area contributed by atoms with Gasteiger partial charge in [-0.15, -0.1) is 11.3 Å². The highest BCUT2D eigenvalue weighted by Crippen LogP contribution is 2.22. The van der Waals surface area contributed by atoms with Crippen molar-refractivity contribution in [2.45, 2.75) is 46.8 Å². The average Bonchev–Trinajstić information content (AvgIpc) is 3.27. The zero-order chi connectivity index (χ0) is 19.4. The molecular weight excluding hydrogens is 358 g/mol. The minimum absolute atomic E-state index is 0.119. The van der Waals surface area contributed by atoms with Crippen molar-refractivity contribution in [3.63, 3.8) is 0 Å². The molecule has 6 heteroatoms. The van der Waals surface area contributed by atoms with E-state index in [1.54, 1.807) is 0 Å². The highest BCUT2D eigenvalue weighted by Gasteiger charge is 2.13. The standard InChI is InChI=1S/C21H25N3O2S/c1-5-24-11-19(15(4)23-24)22-21(25)20-10-16(13-27-20)12-26-18-8-6-17(7-9-18)14(2)3/h6-11,13-14H,5,12H2,1-4H3,(H,22,25). The fourth-order valence-electron chi connectivity index (χ4n) is 2.67. The zero-order valence-electron chi connectivity index (χ0n) is 16.2. The Hall–Kier alpha value is -2.60. The molecule has 0 saturated carbocycles. The number of rotatable bonds is 7. The lowest BCUT2D eigenvalue weighted by Crippen LogP contribution is -2.10. The molecule has 0 aliphatic carbocycles. The first-order chi connectivity index (χ1) is 13.0. The molecule has 0 atom stereocenters. The van der Waals surface area contributed by atoms with Crippen LogP contribution in [0.25, 0.3) is 0 Å². The van der Waals surface area contributed by atoms with Crippen molar-refractivity contribution in [1.82, 2.24) is 9.78 Å². The maximum absolute atomic E-state index is 12.5. The summed E-state index contributed by atoms with van der Waals surface area (Å²) >= 11 is 1.42. The Balaban J connectivity index is 1.58. The maximum atomic E-state index is 12.5. The summed E-state index contributed by atoms with van der Waals surface area (Å²) in [5.41, 5.74) is 3.84. The number of nitrogens with one attached hydrogen (secondary N) is 1. The van der Waals surface area contributed by atoms with Crippen molar-refractivity contribution < 1.29 is 9.53 Å². The minimum atomic E-state index is -0.119. The van der Waals surface area contributed by atoms with Gasteiger partial charge in [-0.25, -0.2) is 0 Å². The molecule has 0 aliphatic heterocycles. The lowest BCUT2D eigenvalue weighted by molar-refractivity contribution is 0.103. The maximum Gasteiger partial charge on any atom is 0.265 e. The van der Waals surface area contributed by atoms with Crippen LogP contribution in [-0.2, 0) is 13.2 Å². The molecule has 3 rings (SSSR count). The lowest BCUT2D eigenvalue weighted by atomic mass is 10.0. The van der Waals surface area contributed by atoms with Crippen molar-refractivity contribution in [2.24, 2.45) is 0 Å². The molecule has 0 aliphatic rings. The van der Waals surface area contributed by atoms with Gasteiger partial charge in [-0.3, -0.25) is 9.48 Å². The highest BCUT2D eigenvalue weighted by molar-refractivity contribution is 7.12. The summed E-state index contributed by atoms with van der Waals surface area (Å²) in [5.74, 6) is 1.22. The first-order valence-corrected chi connectivity index (χ1v) is 9.99. The summed E-state index contributed by atoms with van der Waals surface area (Å²) in [7, 11) is 0. The molecule has 2 heterocycles. The largest absolute Gasteiger partial charge is 0.489 e. The van der Waals surface area contributed by atoms with E-state index in [0.29, 0.717) is 17.4 Å². The summed E-state index contributed by atoms with van der Waals surface area (Å²) in [6.45, 7) is 9.46. The first-order valence-electron chi connectivity index (χ1n) is 9.11. The third kappa shape index (κ3) is 4.77. The van der Waals surface area contributed by atoms with Gasteiger partial charge in [0.05, 0.1) is 16.3 Å². The number of thiophene rings is 1. The number of aromatic nitrogens is 2. The van der Waals surface area contributed by atoms with Crippen molar-refractivity contribution in [2.75, 3.05) is 5.32 Å². The van der Waals surface area contributed by atoms with E-state index in [0.717, 1.165) is 29.2 Å². The summed E-state index contributed by atoms with van der Waals surface area (Å²) in [6.07, 6.45) is 1.85. The number of amides is 1. The van der Waals surface area contributed by atoms with Gasteiger partial charge >= 0.3 is 0 Å². The van der Waals surface area contributed by atoms with Crippen molar-refractivity contribution in [3.8, 4) is 5.75 Å². The van der Waals surface area contributed by atoms with E-state index < -0.39 is 0 Å². The number of hydrogen-bond acceptors (Lipinski definition) is 4. The third-order valence-electron chi connectivity index (χ3n) is 4.35. The molecule has 1 aromatic carbocycles. The molecule has 27 heavy (non-hydrogen) atoms. The number of carbonyl (C=O) groups excluding carboxylic acids is 1. The number of anilines is 1. The van der Waals surface area contributed by atoms with Crippen LogP contribution in [0, 0.1) is 6.92 Å². The minimum Gasteiger partial charge on any atom is -0.489 e. The van der Waals surface area contributed by atoms with E-state index in [2.05, 4.69) is 36.4 Å². The fourth-order valence-corrected chi connectivity index (χ4v) is 3.46.